The van der Waals surface area contributed by atoms with Crippen LogP contribution in [0.4, 0.5) is 0 Å². The molecule has 2 heterocycles. The number of hydrogen-bond acceptors (Lipinski definition) is 4. The number of nitrogens with zero attached hydrogens (tertiary/aromatic N) is 3. The molecule has 4 nitrogen and oxygen atoms in total. The van der Waals surface area contributed by atoms with E-state index in [0.29, 0.717) is 19.1 Å². The van der Waals surface area contributed by atoms with E-state index in [1.54, 1.807) is 0 Å². The number of likely N-dealkylation sites (tertiary alicyclic amines) is 1. The Morgan fingerprint density at radius 2 is 2.26 bits per heavy atom. The molecule has 1 aromatic rings. The van der Waals surface area contributed by atoms with E-state index < -0.39 is 5.60 Å². The highest BCUT2D eigenvalue weighted by molar-refractivity contribution is 5.16. The maximum Gasteiger partial charge on any atom is 0.108 e. The Hall–Kier alpha value is -1.88. The van der Waals surface area contributed by atoms with Crippen molar-refractivity contribution in [1.82, 2.24) is 9.88 Å². The van der Waals surface area contributed by atoms with Crippen molar-refractivity contribution in [2.75, 3.05) is 19.7 Å². The Bertz CT molecular complexity index is 580. The predicted molar refractivity (Wildman–Crippen MR) is 90.4 cm³/mol. The molecule has 0 aromatic carbocycles. The fourth-order valence-corrected chi connectivity index (χ4v) is 2.81. The highest BCUT2D eigenvalue weighted by Gasteiger charge is 2.23. The van der Waals surface area contributed by atoms with Gasteiger partial charge in [-0.15, -0.1) is 0 Å². The predicted octanol–water partition coefficient (Wildman–Crippen LogP) is 3.32. The van der Waals surface area contributed by atoms with E-state index >= 15 is 0 Å². The molecule has 23 heavy (non-hydrogen) atoms. The van der Waals surface area contributed by atoms with Gasteiger partial charge >= 0.3 is 0 Å². The normalized spacial score (nSPS) is 18.7. The van der Waals surface area contributed by atoms with Crippen molar-refractivity contribution in [2.45, 2.75) is 51.2 Å². The first-order valence-corrected chi connectivity index (χ1v) is 8.23. The van der Waals surface area contributed by atoms with Crippen molar-refractivity contribution >= 4 is 0 Å². The molecule has 0 aliphatic carbocycles. The van der Waals surface area contributed by atoms with Crippen LogP contribution in [-0.2, 0) is 4.74 Å². The van der Waals surface area contributed by atoms with Gasteiger partial charge in [0.15, 0.2) is 0 Å². The maximum atomic E-state index is 8.73. The molecule has 0 radical (unpaired) electrons. The molecule has 1 atom stereocenters. The summed E-state index contributed by atoms with van der Waals surface area (Å²) in [6, 6.07) is 6.71. The van der Waals surface area contributed by atoms with Crippen LogP contribution in [-0.4, -0.2) is 35.2 Å². The van der Waals surface area contributed by atoms with E-state index in [4.69, 9.17) is 10.00 Å². The fourth-order valence-electron chi connectivity index (χ4n) is 2.81. The second-order valence-corrected chi connectivity index (χ2v) is 6.51. The lowest BCUT2D eigenvalue weighted by molar-refractivity contribution is 0.00616. The number of hydrogen-bond donors (Lipinski definition) is 0. The van der Waals surface area contributed by atoms with E-state index in [0.717, 1.165) is 13.1 Å². The summed E-state index contributed by atoms with van der Waals surface area (Å²) in [5, 5.41) is 8.73. The van der Waals surface area contributed by atoms with Gasteiger partial charge in [-0.2, -0.15) is 5.26 Å². The van der Waals surface area contributed by atoms with Crippen molar-refractivity contribution in [3.8, 4) is 17.9 Å². The topological polar surface area (TPSA) is 49.1 Å². The van der Waals surface area contributed by atoms with Gasteiger partial charge < -0.3 is 4.74 Å². The molecule has 1 aromatic heterocycles. The number of piperidine rings is 1. The summed E-state index contributed by atoms with van der Waals surface area (Å²) < 4.78 is 5.65. The zero-order chi connectivity index (χ0) is 16.5. The van der Waals surface area contributed by atoms with Gasteiger partial charge in [-0.3, -0.25) is 9.88 Å². The lowest BCUT2D eigenvalue weighted by Crippen LogP contribution is -2.33. The van der Waals surface area contributed by atoms with E-state index in [2.05, 4.69) is 33.9 Å². The highest BCUT2D eigenvalue weighted by Crippen LogP contribution is 2.29. The number of ether oxygens (including phenoxy) is 1. The average molecular weight is 311 g/mol. The SMILES string of the molecule is CC(C)(CC#N)OCC#CCN1CCCCC1c1cccnc1. The van der Waals surface area contributed by atoms with Gasteiger partial charge in [-0.25, -0.2) is 0 Å². The molecular formula is C19H25N3O. The molecule has 1 fully saturated rings. The third-order valence-electron chi connectivity index (χ3n) is 4.13. The van der Waals surface area contributed by atoms with E-state index in [-0.39, 0.29) is 0 Å². The minimum atomic E-state index is -0.424. The molecule has 1 unspecified atom stereocenters. The van der Waals surface area contributed by atoms with Crippen molar-refractivity contribution < 1.29 is 4.74 Å². The monoisotopic (exact) mass is 311 g/mol. The Morgan fingerprint density at radius 1 is 1.39 bits per heavy atom. The van der Waals surface area contributed by atoms with Crippen LogP contribution in [0.5, 0.6) is 0 Å². The van der Waals surface area contributed by atoms with Crippen LogP contribution in [0.2, 0.25) is 0 Å². The summed E-state index contributed by atoms with van der Waals surface area (Å²) in [5.41, 5.74) is 0.854. The summed E-state index contributed by atoms with van der Waals surface area (Å²) in [4.78, 5) is 6.66. The molecule has 122 valence electrons. The number of pyridine rings is 1. The summed E-state index contributed by atoms with van der Waals surface area (Å²) in [7, 11) is 0. The maximum absolute atomic E-state index is 8.73. The smallest absolute Gasteiger partial charge is 0.108 e. The molecule has 2 rings (SSSR count). The van der Waals surface area contributed by atoms with Gasteiger partial charge in [0.05, 0.1) is 24.6 Å². The van der Waals surface area contributed by atoms with E-state index in [1.165, 1.54) is 24.8 Å². The average Bonchev–Trinajstić information content (AvgIpc) is 2.55. The summed E-state index contributed by atoms with van der Waals surface area (Å²) in [5.74, 6) is 6.30. The van der Waals surface area contributed by atoms with E-state index in [1.807, 2.05) is 32.3 Å². The van der Waals surface area contributed by atoms with Gasteiger partial charge in [0, 0.05) is 18.4 Å². The standard InChI is InChI=1S/C19H25N3O/c1-19(2,10-11-20)23-15-6-5-14-22-13-4-3-9-18(22)17-8-7-12-21-16-17/h7-8,12,16,18H,3-4,9-10,13-15H2,1-2H3. The molecule has 0 amide bonds. The van der Waals surface area contributed by atoms with Gasteiger partial charge in [0.2, 0.25) is 0 Å². The number of nitriles is 1. The van der Waals surface area contributed by atoms with Gasteiger partial charge in [0.25, 0.3) is 0 Å². The first-order chi connectivity index (χ1) is 11.1. The van der Waals surface area contributed by atoms with Crippen molar-refractivity contribution in [2.24, 2.45) is 0 Å². The first-order valence-electron chi connectivity index (χ1n) is 8.23. The Kier molecular flexibility index (Phi) is 6.59. The van der Waals surface area contributed by atoms with Crippen LogP contribution >= 0.6 is 0 Å². The minimum absolute atomic E-state index is 0.375. The third-order valence-corrected chi connectivity index (χ3v) is 4.13. The zero-order valence-corrected chi connectivity index (χ0v) is 14.1. The van der Waals surface area contributed by atoms with Crippen molar-refractivity contribution in [3.63, 3.8) is 0 Å². The summed E-state index contributed by atoms with van der Waals surface area (Å²) >= 11 is 0. The molecule has 4 heteroatoms. The lowest BCUT2D eigenvalue weighted by atomic mass is 9.96. The van der Waals surface area contributed by atoms with Gasteiger partial charge in [0.1, 0.15) is 6.61 Å². The second kappa shape index (κ2) is 8.67. The van der Waals surface area contributed by atoms with Crippen LogP contribution in [0, 0.1) is 23.2 Å². The van der Waals surface area contributed by atoms with Crippen LogP contribution in [0.15, 0.2) is 24.5 Å². The minimum Gasteiger partial charge on any atom is -0.362 e. The summed E-state index contributed by atoms with van der Waals surface area (Å²) in [6.45, 7) is 6.04. The zero-order valence-electron chi connectivity index (χ0n) is 14.1. The van der Waals surface area contributed by atoms with Crippen LogP contribution < -0.4 is 0 Å². The van der Waals surface area contributed by atoms with Crippen LogP contribution in [0.1, 0.15) is 51.1 Å². The fraction of sp³-hybridized carbons (Fsp3) is 0.579. The Morgan fingerprint density at radius 3 is 3.00 bits per heavy atom. The molecular weight excluding hydrogens is 286 g/mol. The van der Waals surface area contributed by atoms with Gasteiger partial charge in [-0.1, -0.05) is 24.3 Å². The highest BCUT2D eigenvalue weighted by atomic mass is 16.5. The molecule has 1 saturated heterocycles. The molecule has 0 spiro atoms. The van der Waals surface area contributed by atoms with Crippen molar-refractivity contribution in [3.05, 3.63) is 30.1 Å². The lowest BCUT2D eigenvalue weighted by Gasteiger charge is -2.34. The molecule has 1 aliphatic rings. The third kappa shape index (κ3) is 5.67. The second-order valence-electron chi connectivity index (χ2n) is 6.51. The van der Waals surface area contributed by atoms with Crippen LogP contribution in [0.3, 0.4) is 0 Å². The number of aromatic nitrogens is 1. The summed E-state index contributed by atoms with van der Waals surface area (Å²) in [6.07, 6.45) is 7.81. The molecule has 0 saturated carbocycles. The molecule has 0 N–H and O–H groups in total. The van der Waals surface area contributed by atoms with E-state index in [9.17, 15) is 0 Å². The van der Waals surface area contributed by atoms with Crippen molar-refractivity contribution in [1.29, 1.82) is 5.26 Å². The quantitative estimate of drug-likeness (QED) is 0.783. The Labute approximate surface area is 139 Å². The molecule has 1 aliphatic heterocycles. The Balaban J connectivity index is 1.86. The first kappa shape index (κ1) is 17.5. The van der Waals surface area contributed by atoms with Crippen LogP contribution in [0.25, 0.3) is 0 Å². The largest absolute Gasteiger partial charge is 0.362 e. The molecule has 0 bridgehead atoms. The number of rotatable bonds is 5. The van der Waals surface area contributed by atoms with Gasteiger partial charge in [-0.05, 0) is 44.9 Å².